The third-order valence-corrected chi connectivity index (χ3v) is 3.14. The Kier molecular flexibility index (Phi) is 6.10. The van der Waals surface area contributed by atoms with Crippen molar-refractivity contribution in [2.75, 3.05) is 0 Å². The van der Waals surface area contributed by atoms with Crippen LogP contribution in [0.25, 0.3) is 0 Å². The van der Waals surface area contributed by atoms with E-state index < -0.39 is 6.01 Å². The average Bonchev–Trinajstić information content (AvgIpc) is 2.14. The largest absolute Gasteiger partial charge is 1.00 e. The smallest absolute Gasteiger partial charge is 0.846 e. The van der Waals surface area contributed by atoms with Gasteiger partial charge in [0.05, 0.1) is 11.7 Å². The van der Waals surface area contributed by atoms with Crippen molar-refractivity contribution in [1.29, 1.82) is 0 Å². The molecule has 1 rings (SSSR count). The predicted molar refractivity (Wildman–Crippen MR) is 55.4 cm³/mol. The summed E-state index contributed by atoms with van der Waals surface area (Å²) < 4.78 is 1.55. The van der Waals surface area contributed by atoms with Crippen LogP contribution >= 0.6 is 15.9 Å². The van der Waals surface area contributed by atoms with Crippen LogP contribution in [0.1, 0.15) is 32.0 Å². The Morgan fingerprint density at radius 3 is 2.60 bits per heavy atom. The van der Waals surface area contributed by atoms with Crippen molar-refractivity contribution in [3.8, 4) is 6.01 Å². The van der Waals surface area contributed by atoms with Crippen LogP contribution in [0, 0.1) is 6.92 Å². The van der Waals surface area contributed by atoms with Gasteiger partial charge in [-0.3, -0.25) is 4.79 Å². The Morgan fingerprint density at radius 2 is 2.13 bits per heavy atom. The van der Waals surface area contributed by atoms with Crippen LogP contribution in [0.5, 0.6) is 6.01 Å². The molecule has 1 heterocycles. The molecule has 0 aliphatic heterocycles. The molecule has 1 atom stereocenters. The second kappa shape index (κ2) is 6.03. The summed E-state index contributed by atoms with van der Waals surface area (Å²) in [4.78, 5) is 15.5. The summed E-state index contributed by atoms with van der Waals surface area (Å²) >= 11 is 3.13. The van der Waals surface area contributed by atoms with E-state index in [1.165, 1.54) is 4.57 Å². The minimum absolute atomic E-state index is 0. The van der Waals surface area contributed by atoms with E-state index in [1.54, 1.807) is 6.92 Å². The van der Waals surface area contributed by atoms with Gasteiger partial charge >= 0.3 is 29.6 Å². The topological polar surface area (TPSA) is 57.9 Å². The van der Waals surface area contributed by atoms with E-state index in [9.17, 15) is 9.90 Å². The molecule has 0 radical (unpaired) electrons. The second-order valence-electron chi connectivity index (χ2n) is 3.23. The Labute approximate surface area is 119 Å². The standard InChI is InChI=1S/C9H13BrN2O2.Na/c1-4-5(2)12-8(13)7(10)6(3)11-9(12)14;/h5H,4H2,1-3H3,(H,11,14);/q;+1/p-1. The maximum Gasteiger partial charge on any atom is 1.00 e. The van der Waals surface area contributed by atoms with Gasteiger partial charge in [0.1, 0.15) is 4.47 Å². The van der Waals surface area contributed by atoms with Gasteiger partial charge in [0.15, 0.2) is 0 Å². The first-order valence-corrected chi connectivity index (χ1v) is 5.24. The maximum atomic E-state index is 11.7. The summed E-state index contributed by atoms with van der Waals surface area (Å²) in [6.07, 6.45) is 0.728. The van der Waals surface area contributed by atoms with Crippen molar-refractivity contribution in [2.45, 2.75) is 33.2 Å². The first-order valence-electron chi connectivity index (χ1n) is 4.44. The first kappa shape index (κ1) is 15.2. The summed E-state index contributed by atoms with van der Waals surface area (Å²) in [5.74, 6) is 0. The molecular formula is C9H12BrN2NaO2. The van der Waals surface area contributed by atoms with Crippen molar-refractivity contribution < 1.29 is 34.7 Å². The number of aromatic nitrogens is 2. The van der Waals surface area contributed by atoms with Gasteiger partial charge in [-0.15, -0.1) is 0 Å². The van der Waals surface area contributed by atoms with Gasteiger partial charge < -0.3 is 9.67 Å². The van der Waals surface area contributed by atoms with E-state index in [1.807, 2.05) is 13.8 Å². The van der Waals surface area contributed by atoms with Crippen molar-refractivity contribution in [1.82, 2.24) is 9.55 Å². The normalized spacial score (nSPS) is 12.0. The van der Waals surface area contributed by atoms with Crippen molar-refractivity contribution in [3.05, 3.63) is 20.5 Å². The van der Waals surface area contributed by atoms with E-state index in [4.69, 9.17) is 0 Å². The Morgan fingerprint density at radius 1 is 1.60 bits per heavy atom. The van der Waals surface area contributed by atoms with Crippen LogP contribution in [0.4, 0.5) is 0 Å². The van der Waals surface area contributed by atoms with Gasteiger partial charge in [-0.2, -0.15) is 0 Å². The molecule has 0 fully saturated rings. The molecule has 78 valence electrons. The average molecular weight is 283 g/mol. The summed E-state index contributed by atoms with van der Waals surface area (Å²) in [5.41, 5.74) is 0.149. The molecule has 6 heteroatoms. The number of hydrogen-bond donors (Lipinski definition) is 0. The van der Waals surface area contributed by atoms with Crippen LogP contribution < -0.4 is 40.2 Å². The molecule has 0 spiro atoms. The van der Waals surface area contributed by atoms with Crippen LogP contribution in [0.3, 0.4) is 0 Å². The fourth-order valence-corrected chi connectivity index (χ4v) is 1.44. The van der Waals surface area contributed by atoms with Gasteiger partial charge in [-0.05, 0) is 36.2 Å². The van der Waals surface area contributed by atoms with Crippen LogP contribution in [0.2, 0.25) is 0 Å². The Hall–Kier alpha value is 0.160. The fraction of sp³-hybridized carbons (Fsp3) is 0.556. The van der Waals surface area contributed by atoms with Crippen LogP contribution in [-0.4, -0.2) is 9.55 Å². The summed E-state index contributed by atoms with van der Waals surface area (Å²) in [6.45, 7) is 5.38. The summed E-state index contributed by atoms with van der Waals surface area (Å²) in [5, 5.41) is 11.4. The van der Waals surface area contributed by atoms with Crippen molar-refractivity contribution in [3.63, 3.8) is 0 Å². The molecule has 0 aromatic carbocycles. The van der Waals surface area contributed by atoms with Gasteiger partial charge in [0.2, 0.25) is 0 Å². The molecule has 15 heavy (non-hydrogen) atoms. The van der Waals surface area contributed by atoms with Gasteiger partial charge in [-0.1, -0.05) is 6.92 Å². The van der Waals surface area contributed by atoms with E-state index in [-0.39, 0.29) is 41.2 Å². The molecule has 0 aliphatic carbocycles. The van der Waals surface area contributed by atoms with Crippen LogP contribution in [-0.2, 0) is 0 Å². The second-order valence-corrected chi connectivity index (χ2v) is 4.02. The molecule has 1 aromatic heterocycles. The molecule has 0 amide bonds. The number of aryl methyl sites for hydroxylation is 1. The van der Waals surface area contributed by atoms with E-state index >= 15 is 0 Å². The van der Waals surface area contributed by atoms with Crippen molar-refractivity contribution in [2.24, 2.45) is 0 Å². The zero-order chi connectivity index (χ0) is 10.9. The molecule has 1 aromatic rings. The third kappa shape index (κ3) is 3.06. The fourth-order valence-electron chi connectivity index (χ4n) is 1.17. The van der Waals surface area contributed by atoms with E-state index in [2.05, 4.69) is 20.9 Å². The quantitative estimate of drug-likeness (QED) is 0.612. The minimum atomic E-state index is -0.468. The number of halogens is 1. The molecule has 4 nitrogen and oxygen atoms in total. The number of nitrogens with zero attached hydrogens (tertiary/aromatic N) is 2. The van der Waals surface area contributed by atoms with E-state index in [0.717, 1.165) is 6.42 Å². The first-order chi connectivity index (χ1) is 6.49. The molecule has 0 aliphatic rings. The minimum Gasteiger partial charge on any atom is -0.846 e. The number of rotatable bonds is 2. The van der Waals surface area contributed by atoms with Gasteiger partial charge in [0.25, 0.3) is 5.56 Å². The Bertz CT molecular complexity index is 406. The van der Waals surface area contributed by atoms with Gasteiger partial charge in [0, 0.05) is 6.04 Å². The zero-order valence-corrected chi connectivity index (χ0v) is 13.0. The molecule has 1 unspecified atom stereocenters. The molecule has 0 saturated carbocycles. The van der Waals surface area contributed by atoms with Crippen molar-refractivity contribution >= 4 is 15.9 Å². The zero-order valence-electron chi connectivity index (χ0n) is 9.37. The molecule has 0 N–H and O–H groups in total. The molecule has 0 saturated heterocycles. The third-order valence-electron chi connectivity index (χ3n) is 2.23. The summed E-state index contributed by atoms with van der Waals surface area (Å²) in [7, 11) is 0. The Balaban J connectivity index is 0.00000196. The van der Waals surface area contributed by atoms with Gasteiger partial charge in [-0.25, -0.2) is 4.98 Å². The predicted octanol–water partition coefficient (Wildman–Crippen LogP) is -1.64. The maximum absolute atomic E-state index is 11.7. The molecular weight excluding hydrogens is 271 g/mol. The summed E-state index contributed by atoms with van der Waals surface area (Å²) in [6, 6.07) is -0.579. The van der Waals surface area contributed by atoms with E-state index in [0.29, 0.717) is 10.2 Å². The monoisotopic (exact) mass is 282 g/mol. The molecule has 0 bridgehead atoms. The van der Waals surface area contributed by atoms with Crippen LogP contribution in [0.15, 0.2) is 9.27 Å². The number of hydrogen-bond acceptors (Lipinski definition) is 3. The SMILES string of the molecule is CCC(C)n1c([O-])nc(C)c(Br)c1=O.[Na+].